The number of hydrogen-bond acceptors (Lipinski definition) is 6. The maximum Gasteiger partial charge on any atom is 0.264 e. The van der Waals surface area contributed by atoms with Crippen LogP contribution in [0.25, 0.3) is 10.8 Å². The Kier molecular flexibility index (Phi) is 6.97. The smallest absolute Gasteiger partial charge is 0.264 e. The van der Waals surface area contributed by atoms with E-state index in [0.717, 1.165) is 47.8 Å². The third-order valence-electron chi connectivity index (χ3n) is 7.55. The molecule has 3 N–H and O–H groups in total. The first kappa shape index (κ1) is 25.7. The van der Waals surface area contributed by atoms with Crippen molar-refractivity contribution < 1.29 is 13.2 Å². The van der Waals surface area contributed by atoms with Crippen LogP contribution in [0.4, 0.5) is 11.6 Å². The highest BCUT2D eigenvalue weighted by molar-refractivity contribution is 7.92. The Balaban J connectivity index is 1.07. The van der Waals surface area contributed by atoms with Crippen molar-refractivity contribution in [3.8, 4) is 0 Å². The number of piperidine rings is 1. The molecule has 8 nitrogen and oxygen atoms in total. The summed E-state index contributed by atoms with van der Waals surface area (Å²) in [5.74, 6) is 0.258. The van der Waals surface area contributed by atoms with Gasteiger partial charge in [-0.25, -0.2) is 23.1 Å². The lowest BCUT2D eigenvalue weighted by Crippen LogP contribution is -2.26. The molecular weight excluding hydrogens is 534 g/mol. The summed E-state index contributed by atoms with van der Waals surface area (Å²) in [6.45, 7) is 1.92. The molecule has 1 saturated heterocycles. The number of nitrogens with zero attached hydrogens (tertiary/aromatic N) is 2. The van der Waals surface area contributed by atoms with Crippen LogP contribution < -0.4 is 15.4 Å². The van der Waals surface area contributed by atoms with E-state index in [1.807, 2.05) is 36.4 Å². The first-order chi connectivity index (χ1) is 18.9. The van der Waals surface area contributed by atoms with Gasteiger partial charge in [0, 0.05) is 34.4 Å². The Morgan fingerprint density at radius 1 is 0.949 bits per heavy atom. The molecule has 1 aliphatic carbocycles. The van der Waals surface area contributed by atoms with Gasteiger partial charge in [-0.15, -0.1) is 0 Å². The average molecular weight is 562 g/mol. The number of aromatic nitrogens is 2. The molecule has 4 aromatic rings. The molecule has 1 aromatic heterocycles. The van der Waals surface area contributed by atoms with Gasteiger partial charge in [0.05, 0.1) is 4.90 Å². The van der Waals surface area contributed by atoms with Gasteiger partial charge in [-0.3, -0.25) is 4.79 Å². The van der Waals surface area contributed by atoms with Crippen LogP contribution in [-0.2, 0) is 14.8 Å². The maximum absolute atomic E-state index is 12.9. The Labute approximate surface area is 232 Å². The van der Waals surface area contributed by atoms with Crippen molar-refractivity contribution in [2.45, 2.75) is 36.0 Å². The van der Waals surface area contributed by atoms with Crippen molar-refractivity contribution in [2.75, 3.05) is 23.1 Å². The summed E-state index contributed by atoms with van der Waals surface area (Å²) < 4.78 is 28.3. The summed E-state index contributed by atoms with van der Waals surface area (Å²) in [5.41, 5.74) is 2.65. The van der Waals surface area contributed by atoms with Crippen LogP contribution in [0, 0.1) is 5.92 Å². The number of hydrogen-bond donors (Lipinski definition) is 3. The van der Waals surface area contributed by atoms with Gasteiger partial charge in [0.25, 0.3) is 10.0 Å². The van der Waals surface area contributed by atoms with E-state index < -0.39 is 10.0 Å². The van der Waals surface area contributed by atoms with Crippen molar-refractivity contribution in [2.24, 2.45) is 5.92 Å². The molecule has 0 unspecified atom stereocenters. The summed E-state index contributed by atoms with van der Waals surface area (Å²) in [7, 11) is -3.84. The van der Waals surface area contributed by atoms with Crippen molar-refractivity contribution in [3.05, 3.63) is 89.2 Å². The highest BCUT2D eigenvalue weighted by atomic mass is 35.5. The van der Waals surface area contributed by atoms with Crippen LogP contribution in [0.15, 0.2) is 78.0 Å². The van der Waals surface area contributed by atoms with E-state index >= 15 is 0 Å². The standard InChI is InChI=1S/C29H28ClN5O3S/c30-27-3-1-2-19-4-7-22(14-25(19)27)34-28(36)26-15-24(26)20-5-8-23(9-6-20)39(37,38)35-29-32-16-21(17-33-29)18-10-12-31-13-11-18/h1-9,14,16-18,24,26,31H,10-13,15H2,(H,34,36)(H,32,33,35)/t24-,26+/m0/s1. The van der Waals surface area contributed by atoms with Crippen molar-refractivity contribution in [3.63, 3.8) is 0 Å². The van der Waals surface area contributed by atoms with Crippen LogP contribution in [0.2, 0.25) is 5.02 Å². The highest BCUT2D eigenvalue weighted by Crippen LogP contribution is 2.48. The summed E-state index contributed by atoms with van der Waals surface area (Å²) >= 11 is 6.30. The van der Waals surface area contributed by atoms with Crippen LogP contribution >= 0.6 is 11.6 Å². The van der Waals surface area contributed by atoms with E-state index in [9.17, 15) is 13.2 Å². The average Bonchev–Trinajstić information content (AvgIpc) is 3.76. The number of rotatable bonds is 7. The van der Waals surface area contributed by atoms with Gasteiger partial charge in [-0.1, -0.05) is 41.9 Å². The van der Waals surface area contributed by atoms with Gasteiger partial charge < -0.3 is 10.6 Å². The second kappa shape index (κ2) is 10.6. The van der Waals surface area contributed by atoms with E-state index in [0.29, 0.717) is 23.0 Å². The lowest BCUT2D eigenvalue weighted by atomic mass is 9.92. The number of fused-ring (bicyclic) bond motifs is 1. The normalized spacial score (nSPS) is 19.5. The molecule has 6 rings (SSSR count). The van der Waals surface area contributed by atoms with Gasteiger partial charge in [-0.2, -0.15) is 0 Å². The quantitative estimate of drug-likeness (QED) is 0.282. The molecule has 1 aliphatic heterocycles. The van der Waals surface area contributed by atoms with Crippen molar-refractivity contribution >= 4 is 49.9 Å². The minimum Gasteiger partial charge on any atom is -0.326 e. The number of anilines is 2. The molecule has 0 radical (unpaired) electrons. The van der Waals surface area contributed by atoms with Crippen LogP contribution in [0.5, 0.6) is 0 Å². The zero-order chi connectivity index (χ0) is 27.0. The molecule has 2 aliphatic rings. The number of carbonyl (C=O) groups is 1. The summed E-state index contributed by atoms with van der Waals surface area (Å²) in [5, 5.41) is 8.85. The van der Waals surface area contributed by atoms with Crippen LogP contribution in [0.3, 0.4) is 0 Å². The number of nitrogens with one attached hydrogen (secondary N) is 3. The van der Waals surface area contributed by atoms with Gasteiger partial charge in [-0.05, 0) is 91.0 Å². The molecule has 10 heteroatoms. The number of carbonyl (C=O) groups excluding carboxylic acids is 1. The van der Waals surface area contributed by atoms with E-state index in [-0.39, 0.29) is 28.6 Å². The fraction of sp³-hybridized carbons (Fsp3) is 0.276. The molecule has 0 spiro atoms. The fourth-order valence-corrected chi connectivity index (χ4v) is 6.42. The maximum atomic E-state index is 12.9. The molecule has 3 aromatic carbocycles. The third-order valence-corrected chi connectivity index (χ3v) is 9.22. The van der Waals surface area contributed by atoms with Gasteiger partial charge >= 0.3 is 0 Å². The van der Waals surface area contributed by atoms with Gasteiger partial charge in [0.15, 0.2) is 0 Å². The zero-order valence-corrected chi connectivity index (χ0v) is 22.7. The van der Waals surface area contributed by atoms with E-state index in [1.165, 1.54) is 0 Å². The largest absolute Gasteiger partial charge is 0.326 e. The van der Waals surface area contributed by atoms with E-state index in [1.54, 1.807) is 36.7 Å². The molecule has 2 fully saturated rings. The molecule has 1 saturated carbocycles. The monoisotopic (exact) mass is 561 g/mol. The zero-order valence-electron chi connectivity index (χ0n) is 21.1. The van der Waals surface area contributed by atoms with E-state index in [4.69, 9.17) is 11.6 Å². The first-order valence-corrected chi connectivity index (χ1v) is 14.9. The highest BCUT2D eigenvalue weighted by Gasteiger charge is 2.44. The van der Waals surface area contributed by atoms with Crippen LogP contribution in [-0.4, -0.2) is 37.4 Å². The lowest BCUT2D eigenvalue weighted by molar-refractivity contribution is -0.117. The molecule has 2 atom stereocenters. The predicted molar refractivity (Wildman–Crippen MR) is 153 cm³/mol. The number of halogens is 1. The van der Waals surface area contributed by atoms with Crippen molar-refractivity contribution in [1.82, 2.24) is 15.3 Å². The first-order valence-electron chi connectivity index (χ1n) is 13.0. The SMILES string of the molecule is O=C(Nc1ccc2cccc(Cl)c2c1)[C@@H]1C[C@H]1c1ccc(S(=O)(=O)Nc2ncc(C3CCNCC3)cn2)cc1. The molecule has 200 valence electrons. The Morgan fingerprint density at radius 2 is 1.69 bits per heavy atom. The van der Waals surface area contributed by atoms with Crippen molar-refractivity contribution in [1.29, 1.82) is 0 Å². The molecule has 39 heavy (non-hydrogen) atoms. The van der Waals surface area contributed by atoms with Gasteiger partial charge in [0.1, 0.15) is 0 Å². The number of sulfonamides is 1. The second-order valence-corrected chi connectivity index (χ2v) is 12.2. The third kappa shape index (κ3) is 5.61. The predicted octanol–water partition coefficient (Wildman–Crippen LogP) is 5.29. The minimum atomic E-state index is -3.84. The van der Waals surface area contributed by atoms with Gasteiger partial charge in [0.2, 0.25) is 11.9 Å². The van der Waals surface area contributed by atoms with E-state index in [2.05, 4.69) is 25.3 Å². The summed E-state index contributed by atoms with van der Waals surface area (Å²) in [6.07, 6.45) is 6.15. The summed E-state index contributed by atoms with van der Waals surface area (Å²) in [6, 6.07) is 18.0. The second-order valence-electron chi connectivity index (χ2n) is 10.2. The Morgan fingerprint density at radius 3 is 2.44 bits per heavy atom. The fourth-order valence-electron chi connectivity index (χ4n) is 5.23. The molecular formula is C29H28ClN5O3S. The molecule has 0 bridgehead atoms. The Hall–Kier alpha value is -3.53. The summed E-state index contributed by atoms with van der Waals surface area (Å²) in [4.78, 5) is 21.4. The molecule has 1 amide bonds. The number of amides is 1. The molecule has 2 heterocycles. The Bertz CT molecular complexity index is 1620. The lowest BCUT2D eigenvalue weighted by Gasteiger charge is -2.22. The number of benzene rings is 3. The minimum absolute atomic E-state index is 0.0459. The topological polar surface area (TPSA) is 113 Å². The van der Waals surface area contributed by atoms with Crippen LogP contribution in [0.1, 0.15) is 42.2 Å².